The van der Waals surface area contributed by atoms with Crippen LogP contribution < -0.4 is 14.8 Å². The van der Waals surface area contributed by atoms with Crippen molar-refractivity contribution in [2.45, 2.75) is 23.7 Å². The number of fused-ring (bicyclic) bond motifs is 1. The van der Waals surface area contributed by atoms with Gasteiger partial charge in [0, 0.05) is 18.0 Å². The molecule has 2 rings (SSSR count). The Hall–Kier alpha value is -1.12. The molecule has 0 amide bonds. The molecular weight excluding hydrogens is 307 g/mol. The number of benzene rings is 1. The van der Waals surface area contributed by atoms with Gasteiger partial charge in [0.05, 0.1) is 0 Å². The first-order chi connectivity index (χ1) is 9.91. The Morgan fingerprint density at radius 1 is 1.29 bits per heavy atom. The maximum atomic E-state index is 12.2. The van der Waals surface area contributed by atoms with Crippen LogP contribution in [-0.2, 0) is 6.54 Å². The Morgan fingerprint density at radius 2 is 1.90 bits per heavy atom. The predicted octanol–water partition coefficient (Wildman–Crippen LogP) is 2.19. The minimum absolute atomic E-state index is 0.208. The molecule has 1 unspecified atom stereocenters. The molecule has 0 aromatic heterocycles. The van der Waals surface area contributed by atoms with E-state index in [0.29, 0.717) is 24.7 Å². The van der Waals surface area contributed by atoms with E-state index in [4.69, 9.17) is 14.6 Å². The van der Waals surface area contributed by atoms with E-state index in [2.05, 4.69) is 5.32 Å². The molecule has 4 nitrogen and oxygen atoms in total. The molecule has 0 fully saturated rings. The fraction of sp³-hybridized carbons (Fsp3) is 0.538. The van der Waals surface area contributed by atoms with Gasteiger partial charge in [0.2, 0.25) is 0 Å². The lowest BCUT2D eigenvalue weighted by Crippen LogP contribution is -2.38. The lowest BCUT2D eigenvalue weighted by Gasteiger charge is -2.21. The molecule has 0 radical (unpaired) electrons. The Labute approximate surface area is 124 Å². The van der Waals surface area contributed by atoms with Crippen molar-refractivity contribution >= 4 is 11.8 Å². The smallest absolute Gasteiger partial charge is 0.415 e. The molecular formula is C13H16F3NO3S. The third kappa shape index (κ3) is 4.18. The second-order valence-electron chi connectivity index (χ2n) is 4.50. The van der Waals surface area contributed by atoms with E-state index < -0.39 is 18.8 Å². The summed E-state index contributed by atoms with van der Waals surface area (Å²) in [6.45, 7) is 0.590. The van der Waals surface area contributed by atoms with Crippen LogP contribution in [0.25, 0.3) is 0 Å². The van der Waals surface area contributed by atoms with Gasteiger partial charge in [-0.1, -0.05) is 0 Å². The van der Waals surface area contributed by atoms with Gasteiger partial charge < -0.3 is 19.9 Å². The minimum Gasteiger partial charge on any atom is -0.486 e. The first-order valence-electron chi connectivity index (χ1n) is 6.34. The van der Waals surface area contributed by atoms with Gasteiger partial charge in [-0.05, 0) is 24.0 Å². The van der Waals surface area contributed by atoms with Crippen molar-refractivity contribution in [3.05, 3.63) is 17.7 Å². The number of halogens is 3. The lowest BCUT2D eigenvalue weighted by molar-refractivity contribution is -0.201. The van der Waals surface area contributed by atoms with E-state index in [0.717, 1.165) is 10.5 Å². The molecule has 1 aliphatic heterocycles. The summed E-state index contributed by atoms with van der Waals surface area (Å²) in [5.41, 5.74) is 0.807. The minimum atomic E-state index is -4.61. The molecule has 1 heterocycles. The van der Waals surface area contributed by atoms with Gasteiger partial charge in [-0.3, -0.25) is 0 Å². The molecule has 0 aliphatic carbocycles. The highest BCUT2D eigenvalue weighted by atomic mass is 32.2. The summed E-state index contributed by atoms with van der Waals surface area (Å²) < 4.78 is 47.6. The number of ether oxygens (including phenoxy) is 2. The summed E-state index contributed by atoms with van der Waals surface area (Å²) in [6, 6.07) is 3.57. The summed E-state index contributed by atoms with van der Waals surface area (Å²) in [5, 5.41) is 11.6. The average Bonchev–Trinajstić information content (AvgIpc) is 2.45. The van der Waals surface area contributed by atoms with Crippen molar-refractivity contribution in [3.8, 4) is 11.5 Å². The summed E-state index contributed by atoms with van der Waals surface area (Å²) >= 11 is 1.47. The van der Waals surface area contributed by atoms with Gasteiger partial charge >= 0.3 is 6.18 Å². The molecule has 1 aromatic carbocycles. The maximum absolute atomic E-state index is 12.2. The molecule has 0 saturated carbocycles. The third-order valence-electron chi connectivity index (χ3n) is 2.98. The van der Waals surface area contributed by atoms with Crippen LogP contribution in [-0.4, -0.2) is 43.4 Å². The zero-order valence-electron chi connectivity index (χ0n) is 11.4. The number of hydrogen-bond acceptors (Lipinski definition) is 5. The number of aliphatic hydroxyl groups is 1. The third-order valence-corrected chi connectivity index (χ3v) is 3.80. The second-order valence-corrected chi connectivity index (χ2v) is 5.34. The largest absolute Gasteiger partial charge is 0.486 e. The van der Waals surface area contributed by atoms with Crippen LogP contribution in [0.4, 0.5) is 13.2 Å². The molecule has 118 valence electrons. The first-order valence-corrected chi connectivity index (χ1v) is 7.56. The summed E-state index contributed by atoms with van der Waals surface area (Å²) in [6.07, 6.45) is -5.10. The highest BCUT2D eigenvalue weighted by Crippen LogP contribution is 2.36. The zero-order valence-corrected chi connectivity index (χ0v) is 12.2. The van der Waals surface area contributed by atoms with Gasteiger partial charge in [-0.2, -0.15) is 13.2 Å². The maximum Gasteiger partial charge on any atom is 0.415 e. The molecule has 0 bridgehead atoms. The number of thioether (sulfide) groups is 1. The van der Waals surface area contributed by atoms with Gasteiger partial charge in [-0.15, -0.1) is 11.8 Å². The summed E-state index contributed by atoms with van der Waals surface area (Å²) in [5.74, 6) is 1.23. The van der Waals surface area contributed by atoms with Crippen LogP contribution in [0, 0.1) is 0 Å². The van der Waals surface area contributed by atoms with Gasteiger partial charge in [0.25, 0.3) is 0 Å². The van der Waals surface area contributed by atoms with Gasteiger partial charge in [-0.25, -0.2) is 0 Å². The molecule has 2 N–H and O–H groups in total. The van der Waals surface area contributed by atoms with E-state index in [1.807, 2.05) is 12.3 Å². The van der Waals surface area contributed by atoms with Crippen LogP contribution in [0.3, 0.4) is 0 Å². The fourth-order valence-corrected chi connectivity index (χ4v) is 2.52. The van der Waals surface area contributed by atoms with Crippen LogP contribution in [0.5, 0.6) is 11.5 Å². The van der Waals surface area contributed by atoms with Crippen molar-refractivity contribution in [1.29, 1.82) is 0 Å². The van der Waals surface area contributed by atoms with E-state index in [1.54, 1.807) is 6.07 Å². The van der Waals surface area contributed by atoms with Crippen LogP contribution in [0.15, 0.2) is 17.0 Å². The van der Waals surface area contributed by atoms with E-state index >= 15 is 0 Å². The zero-order chi connectivity index (χ0) is 15.5. The Kier molecular flexibility index (Phi) is 5.23. The normalized spacial score (nSPS) is 15.9. The quantitative estimate of drug-likeness (QED) is 0.814. The van der Waals surface area contributed by atoms with E-state index in [-0.39, 0.29) is 6.54 Å². The van der Waals surface area contributed by atoms with Crippen molar-refractivity contribution in [2.75, 3.05) is 26.0 Å². The number of aliphatic hydroxyl groups excluding tert-OH is 1. The lowest BCUT2D eigenvalue weighted by atomic mass is 10.2. The van der Waals surface area contributed by atoms with Crippen LogP contribution in [0.1, 0.15) is 5.56 Å². The number of alkyl halides is 3. The Morgan fingerprint density at radius 3 is 2.48 bits per heavy atom. The molecule has 1 atom stereocenters. The van der Waals surface area contributed by atoms with E-state index in [9.17, 15) is 13.2 Å². The van der Waals surface area contributed by atoms with Crippen molar-refractivity contribution in [2.24, 2.45) is 0 Å². The first kappa shape index (κ1) is 16.3. The standard InChI is InChI=1S/C13H16F3NO3S/c1-21-11-5-10-9(19-2-3-20-10)4-8(11)6-17-7-12(18)13(14,15)16/h4-5,12,17-18H,2-3,6-7H2,1H3. The predicted molar refractivity (Wildman–Crippen MR) is 73.0 cm³/mol. The molecule has 1 aliphatic rings. The number of hydrogen-bond donors (Lipinski definition) is 2. The van der Waals surface area contributed by atoms with Crippen molar-refractivity contribution in [3.63, 3.8) is 0 Å². The number of nitrogens with one attached hydrogen (secondary N) is 1. The SMILES string of the molecule is CSc1cc2c(cc1CNCC(O)C(F)(F)F)OCCO2. The van der Waals surface area contributed by atoms with Gasteiger partial charge in [0.15, 0.2) is 17.6 Å². The van der Waals surface area contributed by atoms with Crippen molar-refractivity contribution in [1.82, 2.24) is 5.32 Å². The average molecular weight is 323 g/mol. The number of rotatable bonds is 5. The summed E-state index contributed by atoms with van der Waals surface area (Å²) in [7, 11) is 0. The Bertz CT molecular complexity index is 496. The molecule has 1 aromatic rings. The fourth-order valence-electron chi connectivity index (χ4n) is 1.90. The Balaban J connectivity index is 2.02. The molecule has 0 saturated heterocycles. The second kappa shape index (κ2) is 6.76. The molecule has 0 spiro atoms. The van der Waals surface area contributed by atoms with Crippen molar-refractivity contribution < 1.29 is 27.8 Å². The van der Waals surface area contributed by atoms with E-state index in [1.165, 1.54) is 11.8 Å². The highest BCUT2D eigenvalue weighted by molar-refractivity contribution is 7.98. The highest BCUT2D eigenvalue weighted by Gasteiger charge is 2.37. The van der Waals surface area contributed by atoms with Gasteiger partial charge in [0.1, 0.15) is 13.2 Å². The monoisotopic (exact) mass is 323 g/mol. The summed E-state index contributed by atoms with van der Waals surface area (Å²) in [4.78, 5) is 0.897. The topological polar surface area (TPSA) is 50.7 Å². The molecule has 8 heteroatoms. The molecule has 21 heavy (non-hydrogen) atoms. The van der Waals surface area contributed by atoms with Crippen LogP contribution >= 0.6 is 11.8 Å². The van der Waals surface area contributed by atoms with Crippen LogP contribution in [0.2, 0.25) is 0 Å².